The summed E-state index contributed by atoms with van der Waals surface area (Å²) in [6, 6.07) is 3.92. The fourth-order valence-corrected chi connectivity index (χ4v) is 2.92. The molecular formula is C15H21NO7S. The molecule has 1 aromatic carbocycles. The summed E-state index contributed by atoms with van der Waals surface area (Å²) in [6.07, 6.45) is -0.732. The summed E-state index contributed by atoms with van der Waals surface area (Å²) in [5.41, 5.74) is -0.876. The average Bonchev–Trinajstić information content (AvgIpc) is 2.44. The lowest BCUT2D eigenvalue weighted by Crippen LogP contribution is -2.45. The predicted molar refractivity (Wildman–Crippen MR) is 85.2 cm³/mol. The van der Waals surface area contributed by atoms with Gasteiger partial charge in [-0.2, -0.15) is 4.72 Å². The summed E-state index contributed by atoms with van der Waals surface area (Å²) in [5.74, 6) is -1.83. The van der Waals surface area contributed by atoms with Gasteiger partial charge in [0.2, 0.25) is 10.0 Å². The van der Waals surface area contributed by atoms with Gasteiger partial charge in [-0.3, -0.25) is 9.59 Å². The number of carboxylic acids is 1. The van der Waals surface area contributed by atoms with Crippen LogP contribution in [0.25, 0.3) is 0 Å². The van der Waals surface area contributed by atoms with E-state index in [1.807, 2.05) is 0 Å². The summed E-state index contributed by atoms with van der Waals surface area (Å²) in [4.78, 5) is 22.9. The van der Waals surface area contributed by atoms with E-state index in [1.54, 1.807) is 20.8 Å². The Morgan fingerprint density at radius 2 is 1.75 bits per heavy atom. The van der Waals surface area contributed by atoms with Crippen LogP contribution in [0.4, 0.5) is 0 Å². The Hall–Kier alpha value is -2.13. The summed E-state index contributed by atoms with van der Waals surface area (Å²) in [7, 11) is -2.66. The number of carbonyl (C=O) groups excluding carboxylic acids is 1. The number of hydrogen-bond acceptors (Lipinski definition) is 6. The molecule has 9 heteroatoms. The molecule has 0 aliphatic carbocycles. The Bertz CT molecular complexity index is 690. The molecule has 1 aromatic rings. The number of hydrogen-bond donors (Lipinski definition) is 2. The maximum atomic E-state index is 12.3. The standard InChI is InChI=1S/C15H21NO7S/c1-15(2,3)23-14(19)12(9-13(17)18)16-24(20,21)11-7-5-10(22-4)6-8-11/h5-8,12,16H,9H2,1-4H3,(H,17,18)/t12-/m0/s1. The van der Waals surface area contributed by atoms with Crippen LogP contribution in [0.5, 0.6) is 5.75 Å². The lowest BCUT2D eigenvalue weighted by molar-refractivity contribution is -0.159. The van der Waals surface area contributed by atoms with Crippen molar-refractivity contribution >= 4 is 22.0 Å². The number of sulfonamides is 1. The highest BCUT2D eigenvalue weighted by molar-refractivity contribution is 7.89. The zero-order chi connectivity index (χ0) is 18.5. The lowest BCUT2D eigenvalue weighted by atomic mass is 10.1. The van der Waals surface area contributed by atoms with Crippen molar-refractivity contribution < 1.29 is 32.6 Å². The molecular weight excluding hydrogens is 338 g/mol. The van der Waals surface area contributed by atoms with Crippen LogP contribution in [0.2, 0.25) is 0 Å². The Morgan fingerprint density at radius 1 is 1.21 bits per heavy atom. The lowest BCUT2D eigenvalue weighted by Gasteiger charge is -2.23. The van der Waals surface area contributed by atoms with Crippen molar-refractivity contribution in [1.29, 1.82) is 0 Å². The molecule has 0 spiro atoms. The second-order valence-electron chi connectivity index (χ2n) is 5.98. The van der Waals surface area contributed by atoms with Gasteiger partial charge < -0.3 is 14.6 Å². The number of aliphatic carboxylic acids is 1. The molecule has 0 saturated heterocycles. The third-order valence-corrected chi connectivity index (χ3v) is 4.22. The fourth-order valence-electron chi connectivity index (χ4n) is 1.73. The van der Waals surface area contributed by atoms with Gasteiger partial charge in [0.15, 0.2) is 0 Å². The van der Waals surface area contributed by atoms with Gasteiger partial charge in [-0.25, -0.2) is 8.42 Å². The van der Waals surface area contributed by atoms with Crippen molar-refractivity contribution in [1.82, 2.24) is 4.72 Å². The molecule has 0 heterocycles. The first-order valence-corrected chi connectivity index (χ1v) is 8.54. The Morgan fingerprint density at radius 3 is 2.17 bits per heavy atom. The van der Waals surface area contributed by atoms with Gasteiger partial charge in [0, 0.05) is 0 Å². The van der Waals surface area contributed by atoms with Crippen molar-refractivity contribution in [2.75, 3.05) is 7.11 Å². The van der Waals surface area contributed by atoms with E-state index in [-0.39, 0.29) is 4.90 Å². The number of carboxylic acid groups (broad SMARTS) is 1. The normalized spacial score (nSPS) is 13.2. The minimum atomic E-state index is -4.10. The van der Waals surface area contributed by atoms with E-state index in [9.17, 15) is 18.0 Å². The van der Waals surface area contributed by atoms with E-state index in [4.69, 9.17) is 14.6 Å². The summed E-state index contributed by atoms with van der Waals surface area (Å²) in [5, 5.41) is 8.91. The Kier molecular flexibility index (Phi) is 6.33. The van der Waals surface area contributed by atoms with Gasteiger partial charge in [0.05, 0.1) is 18.4 Å². The van der Waals surface area contributed by atoms with E-state index in [0.29, 0.717) is 5.75 Å². The number of carbonyl (C=O) groups is 2. The largest absolute Gasteiger partial charge is 0.497 e. The predicted octanol–water partition coefficient (Wildman–Crippen LogP) is 1.16. The summed E-state index contributed by atoms with van der Waals surface area (Å²) < 4.78 is 36.8. The van der Waals surface area contributed by atoms with Gasteiger partial charge in [-0.1, -0.05) is 0 Å². The molecule has 0 saturated carbocycles. The third-order valence-electron chi connectivity index (χ3n) is 2.74. The molecule has 0 amide bonds. The van der Waals surface area contributed by atoms with Gasteiger partial charge >= 0.3 is 11.9 Å². The van der Waals surface area contributed by atoms with Crippen LogP contribution >= 0.6 is 0 Å². The van der Waals surface area contributed by atoms with E-state index in [0.717, 1.165) is 0 Å². The Balaban J connectivity index is 3.02. The van der Waals surface area contributed by atoms with Crippen LogP contribution in [0.15, 0.2) is 29.2 Å². The minimum Gasteiger partial charge on any atom is -0.497 e. The van der Waals surface area contributed by atoms with Crippen LogP contribution in [0, 0.1) is 0 Å². The number of ether oxygens (including phenoxy) is 2. The maximum Gasteiger partial charge on any atom is 0.325 e. The molecule has 0 aliphatic rings. The maximum absolute atomic E-state index is 12.3. The smallest absolute Gasteiger partial charge is 0.325 e. The van der Waals surface area contributed by atoms with E-state index >= 15 is 0 Å². The minimum absolute atomic E-state index is 0.123. The molecule has 0 fully saturated rings. The first kappa shape index (κ1) is 19.9. The topological polar surface area (TPSA) is 119 Å². The van der Waals surface area contributed by atoms with Crippen LogP contribution in [-0.4, -0.2) is 44.2 Å². The van der Waals surface area contributed by atoms with E-state index in [2.05, 4.69) is 4.72 Å². The number of esters is 1. The molecule has 1 atom stereocenters. The van der Waals surface area contributed by atoms with Crippen LogP contribution in [0.3, 0.4) is 0 Å². The van der Waals surface area contributed by atoms with Crippen LogP contribution < -0.4 is 9.46 Å². The third kappa shape index (κ3) is 6.17. The molecule has 0 aliphatic heterocycles. The van der Waals surface area contributed by atoms with Crippen molar-refractivity contribution in [2.24, 2.45) is 0 Å². The number of nitrogens with one attached hydrogen (secondary N) is 1. The second kappa shape index (κ2) is 7.63. The van der Waals surface area contributed by atoms with Gasteiger partial charge in [-0.15, -0.1) is 0 Å². The molecule has 0 aromatic heterocycles. The van der Waals surface area contributed by atoms with Crippen molar-refractivity contribution in [3.05, 3.63) is 24.3 Å². The first-order chi connectivity index (χ1) is 10.9. The zero-order valence-electron chi connectivity index (χ0n) is 13.9. The van der Waals surface area contributed by atoms with Crippen LogP contribution in [0.1, 0.15) is 27.2 Å². The second-order valence-corrected chi connectivity index (χ2v) is 7.69. The van der Waals surface area contributed by atoms with Crippen molar-refractivity contribution in [3.63, 3.8) is 0 Å². The molecule has 1 rings (SSSR count). The summed E-state index contributed by atoms with van der Waals surface area (Å²) >= 11 is 0. The van der Waals surface area contributed by atoms with Crippen molar-refractivity contribution in [3.8, 4) is 5.75 Å². The van der Waals surface area contributed by atoms with Gasteiger partial charge in [0.1, 0.15) is 17.4 Å². The molecule has 8 nitrogen and oxygen atoms in total. The van der Waals surface area contributed by atoms with Crippen LogP contribution in [-0.2, 0) is 24.3 Å². The van der Waals surface area contributed by atoms with E-state index in [1.165, 1.54) is 31.4 Å². The number of rotatable bonds is 7. The average molecular weight is 359 g/mol. The Labute approximate surface area is 140 Å². The monoisotopic (exact) mass is 359 g/mol. The SMILES string of the molecule is COc1ccc(S(=O)(=O)N[C@@H](CC(=O)O)C(=O)OC(C)(C)C)cc1. The van der Waals surface area contributed by atoms with Crippen molar-refractivity contribution in [2.45, 2.75) is 43.7 Å². The fraction of sp³-hybridized carbons (Fsp3) is 0.467. The van der Waals surface area contributed by atoms with E-state index < -0.39 is 40.0 Å². The molecule has 2 N–H and O–H groups in total. The highest BCUT2D eigenvalue weighted by atomic mass is 32.2. The highest BCUT2D eigenvalue weighted by Crippen LogP contribution is 2.17. The molecule has 134 valence electrons. The molecule has 0 radical (unpaired) electrons. The first-order valence-electron chi connectivity index (χ1n) is 7.05. The molecule has 24 heavy (non-hydrogen) atoms. The highest BCUT2D eigenvalue weighted by Gasteiger charge is 2.31. The summed E-state index contributed by atoms with van der Waals surface area (Å²) in [6.45, 7) is 4.79. The quantitative estimate of drug-likeness (QED) is 0.701. The number of benzene rings is 1. The zero-order valence-corrected chi connectivity index (χ0v) is 14.7. The molecule has 0 bridgehead atoms. The van der Waals surface area contributed by atoms with Gasteiger partial charge in [0.25, 0.3) is 0 Å². The number of methoxy groups -OCH3 is 1. The van der Waals surface area contributed by atoms with Gasteiger partial charge in [-0.05, 0) is 45.0 Å². The molecule has 0 unspecified atom stereocenters.